The summed E-state index contributed by atoms with van der Waals surface area (Å²) in [4.78, 5) is 19.8. The van der Waals surface area contributed by atoms with Gasteiger partial charge >= 0.3 is 0 Å². The van der Waals surface area contributed by atoms with E-state index in [4.69, 9.17) is 12.2 Å². The maximum Gasteiger partial charge on any atom is 0.255 e. The lowest BCUT2D eigenvalue weighted by Gasteiger charge is -2.34. The van der Waals surface area contributed by atoms with E-state index in [1.54, 1.807) is 11.9 Å². The van der Waals surface area contributed by atoms with Crippen molar-refractivity contribution >= 4 is 29.2 Å². The summed E-state index contributed by atoms with van der Waals surface area (Å²) in [5.74, 6) is -0.433. The summed E-state index contributed by atoms with van der Waals surface area (Å²) in [6, 6.07) is 2.52. The summed E-state index contributed by atoms with van der Waals surface area (Å²) in [7, 11) is 1.69. The van der Waals surface area contributed by atoms with Crippen LogP contribution in [-0.2, 0) is 0 Å². The van der Waals surface area contributed by atoms with E-state index in [0.717, 1.165) is 0 Å². The molecule has 1 aromatic heterocycles. The van der Waals surface area contributed by atoms with Gasteiger partial charge in [-0.3, -0.25) is 4.79 Å². The molecule has 1 aliphatic carbocycles. The van der Waals surface area contributed by atoms with Crippen molar-refractivity contribution in [3.8, 4) is 0 Å². The first-order valence-corrected chi connectivity index (χ1v) is 7.20. The van der Waals surface area contributed by atoms with Crippen LogP contribution in [0.5, 0.6) is 0 Å². The molecular formula is C14H16FN3O2S. The number of nitrogens with zero attached hydrogens (tertiary/aromatic N) is 1. The second kappa shape index (κ2) is 5.23. The lowest BCUT2D eigenvalue weighted by Crippen LogP contribution is -2.39. The SMILES string of the molecule is CN(CC1CC(O)C1)C(=O)c1cc(F)cc2[nH]c(=S)[nH]c12. The van der Waals surface area contributed by atoms with Gasteiger partial charge in [0.2, 0.25) is 0 Å². The van der Waals surface area contributed by atoms with E-state index in [1.807, 2.05) is 0 Å². The first kappa shape index (κ1) is 14.2. The fourth-order valence-corrected chi connectivity index (χ4v) is 3.01. The molecule has 1 saturated carbocycles. The minimum Gasteiger partial charge on any atom is -0.393 e. The minimum atomic E-state index is -0.483. The number of aliphatic hydroxyl groups is 1. The quantitative estimate of drug-likeness (QED) is 0.761. The molecule has 3 rings (SSSR count). The Morgan fingerprint density at radius 1 is 1.48 bits per heavy atom. The number of imidazole rings is 1. The standard InChI is InChI=1S/C14H16FN3O2S/c1-18(6-7-2-9(19)3-7)13(20)10-4-8(15)5-11-12(10)17-14(21)16-11/h4-5,7,9,19H,2-3,6H2,1H3,(H2,16,17,21). The second-order valence-corrected chi connectivity index (χ2v) is 6.04. The zero-order chi connectivity index (χ0) is 15.1. The monoisotopic (exact) mass is 309 g/mol. The molecule has 0 atom stereocenters. The molecule has 0 spiro atoms. The van der Waals surface area contributed by atoms with Crippen molar-refractivity contribution in [3.63, 3.8) is 0 Å². The summed E-state index contributed by atoms with van der Waals surface area (Å²) >= 11 is 4.99. The Labute approximate surface area is 125 Å². The molecule has 3 N–H and O–H groups in total. The summed E-state index contributed by atoms with van der Waals surface area (Å²) in [5.41, 5.74) is 1.27. The lowest BCUT2D eigenvalue weighted by molar-refractivity contribution is 0.0265. The molecule has 1 fully saturated rings. The van der Waals surface area contributed by atoms with Crippen LogP contribution >= 0.6 is 12.2 Å². The summed E-state index contributed by atoms with van der Waals surface area (Å²) in [5, 5.41) is 9.29. The number of hydrogen-bond acceptors (Lipinski definition) is 3. The Balaban J connectivity index is 1.88. The number of halogens is 1. The van der Waals surface area contributed by atoms with Crippen molar-refractivity contribution < 1.29 is 14.3 Å². The van der Waals surface area contributed by atoms with Gasteiger partial charge in [-0.15, -0.1) is 0 Å². The van der Waals surface area contributed by atoms with Crippen molar-refractivity contribution in [3.05, 3.63) is 28.3 Å². The number of aromatic nitrogens is 2. The van der Waals surface area contributed by atoms with Crippen molar-refractivity contribution in [1.29, 1.82) is 0 Å². The maximum atomic E-state index is 13.6. The van der Waals surface area contributed by atoms with Gasteiger partial charge in [-0.1, -0.05) is 0 Å². The minimum absolute atomic E-state index is 0.250. The largest absolute Gasteiger partial charge is 0.393 e. The number of rotatable bonds is 3. The van der Waals surface area contributed by atoms with Crippen LogP contribution in [0.25, 0.3) is 11.0 Å². The Hall–Kier alpha value is -1.73. The molecule has 7 heteroatoms. The molecule has 0 radical (unpaired) electrons. The predicted molar refractivity (Wildman–Crippen MR) is 79.1 cm³/mol. The number of hydrogen-bond donors (Lipinski definition) is 3. The van der Waals surface area contributed by atoms with E-state index < -0.39 is 5.82 Å². The molecule has 1 aromatic carbocycles. The van der Waals surface area contributed by atoms with Gasteiger partial charge in [0.1, 0.15) is 5.82 Å². The van der Waals surface area contributed by atoms with Crippen LogP contribution in [0.1, 0.15) is 23.2 Å². The number of benzene rings is 1. The number of aromatic amines is 2. The Morgan fingerprint density at radius 3 is 2.86 bits per heavy atom. The Morgan fingerprint density at radius 2 is 2.19 bits per heavy atom. The second-order valence-electron chi connectivity index (χ2n) is 5.63. The third-order valence-electron chi connectivity index (χ3n) is 3.91. The highest BCUT2D eigenvalue weighted by Crippen LogP contribution is 2.28. The third-order valence-corrected chi connectivity index (χ3v) is 4.11. The molecule has 0 aliphatic heterocycles. The number of carbonyl (C=O) groups excluding carboxylic acids is 1. The molecular weight excluding hydrogens is 293 g/mol. The fraction of sp³-hybridized carbons (Fsp3) is 0.429. The van der Waals surface area contributed by atoms with Gasteiger partial charge in [-0.25, -0.2) is 4.39 Å². The molecule has 1 amide bonds. The van der Waals surface area contributed by atoms with Crippen LogP contribution in [0.3, 0.4) is 0 Å². The van der Waals surface area contributed by atoms with Crippen LogP contribution < -0.4 is 0 Å². The van der Waals surface area contributed by atoms with E-state index in [2.05, 4.69) is 9.97 Å². The molecule has 1 aliphatic rings. The van der Waals surface area contributed by atoms with Crippen LogP contribution in [-0.4, -0.2) is 45.6 Å². The van der Waals surface area contributed by atoms with Crippen molar-refractivity contribution in [2.24, 2.45) is 5.92 Å². The van der Waals surface area contributed by atoms with Crippen molar-refractivity contribution in [1.82, 2.24) is 14.9 Å². The molecule has 5 nitrogen and oxygen atoms in total. The average Bonchev–Trinajstić information content (AvgIpc) is 2.75. The van der Waals surface area contributed by atoms with E-state index in [9.17, 15) is 14.3 Å². The maximum absolute atomic E-state index is 13.6. The molecule has 112 valence electrons. The Kier molecular flexibility index (Phi) is 3.54. The zero-order valence-corrected chi connectivity index (χ0v) is 12.3. The third kappa shape index (κ3) is 2.71. The highest BCUT2D eigenvalue weighted by atomic mass is 32.1. The summed E-state index contributed by atoms with van der Waals surface area (Å²) in [6.07, 6.45) is 1.17. The van der Waals surface area contributed by atoms with E-state index in [1.165, 1.54) is 12.1 Å². The van der Waals surface area contributed by atoms with Crippen LogP contribution in [0, 0.1) is 16.5 Å². The lowest BCUT2D eigenvalue weighted by atomic mass is 9.82. The summed E-state index contributed by atoms with van der Waals surface area (Å²) < 4.78 is 14.0. The van der Waals surface area contributed by atoms with Gasteiger partial charge in [0.25, 0.3) is 5.91 Å². The van der Waals surface area contributed by atoms with Crippen molar-refractivity contribution in [2.45, 2.75) is 18.9 Å². The number of carbonyl (C=O) groups is 1. The number of amides is 1. The molecule has 21 heavy (non-hydrogen) atoms. The Bertz CT molecular complexity index is 748. The smallest absolute Gasteiger partial charge is 0.255 e. The van der Waals surface area contributed by atoms with Crippen LogP contribution in [0.4, 0.5) is 4.39 Å². The van der Waals surface area contributed by atoms with E-state index >= 15 is 0 Å². The van der Waals surface area contributed by atoms with Gasteiger partial charge < -0.3 is 20.0 Å². The summed E-state index contributed by atoms with van der Waals surface area (Å²) in [6.45, 7) is 0.555. The van der Waals surface area contributed by atoms with Gasteiger partial charge in [0.15, 0.2) is 4.77 Å². The fourth-order valence-electron chi connectivity index (χ4n) is 2.80. The number of nitrogens with one attached hydrogen (secondary N) is 2. The predicted octanol–water partition coefficient (Wildman–Crippen LogP) is 2.21. The van der Waals surface area contributed by atoms with Gasteiger partial charge in [-0.05, 0) is 43.1 Å². The van der Waals surface area contributed by atoms with Crippen molar-refractivity contribution in [2.75, 3.05) is 13.6 Å². The van der Waals surface area contributed by atoms with Crippen LogP contribution in [0.15, 0.2) is 12.1 Å². The molecule has 0 saturated heterocycles. The average molecular weight is 309 g/mol. The van der Waals surface area contributed by atoms with E-state index in [0.29, 0.717) is 41.1 Å². The van der Waals surface area contributed by atoms with Gasteiger partial charge in [0.05, 0.1) is 22.7 Å². The number of fused-ring (bicyclic) bond motifs is 1. The van der Waals surface area contributed by atoms with Crippen LogP contribution in [0.2, 0.25) is 0 Å². The normalized spacial score (nSPS) is 21.3. The number of H-pyrrole nitrogens is 2. The van der Waals surface area contributed by atoms with Gasteiger partial charge in [0, 0.05) is 13.6 Å². The topological polar surface area (TPSA) is 72.1 Å². The first-order chi connectivity index (χ1) is 9.94. The zero-order valence-electron chi connectivity index (χ0n) is 11.5. The van der Waals surface area contributed by atoms with Gasteiger partial charge in [-0.2, -0.15) is 0 Å². The molecule has 1 heterocycles. The first-order valence-electron chi connectivity index (χ1n) is 6.79. The molecule has 0 unspecified atom stereocenters. The highest BCUT2D eigenvalue weighted by Gasteiger charge is 2.29. The van der Waals surface area contributed by atoms with E-state index in [-0.39, 0.29) is 17.6 Å². The highest BCUT2D eigenvalue weighted by molar-refractivity contribution is 7.71. The number of aliphatic hydroxyl groups excluding tert-OH is 1. The molecule has 2 aromatic rings. The molecule has 0 bridgehead atoms.